The molecule has 1 aromatic heterocycles. The Balaban J connectivity index is 2.54. The van der Waals surface area contributed by atoms with E-state index in [1.807, 2.05) is 18.5 Å². The van der Waals surface area contributed by atoms with Crippen LogP contribution in [0, 0.1) is 5.92 Å². The van der Waals surface area contributed by atoms with Crippen molar-refractivity contribution in [2.24, 2.45) is 13.0 Å². The quantitative estimate of drug-likeness (QED) is 0.709. The van der Waals surface area contributed by atoms with Crippen LogP contribution in [0.25, 0.3) is 0 Å². The maximum Gasteiger partial charge on any atom is 0.167 e. The Hall–Kier alpha value is -0.520. The van der Waals surface area contributed by atoms with Crippen molar-refractivity contribution < 1.29 is 10.2 Å². The monoisotopic (exact) mass is 216 g/mol. The lowest BCUT2D eigenvalue weighted by Crippen LogP contribution is -2.05. The fourth-order valence-electron chi connectivity index (χ4n) is 0.976. The molecule has 4 nitrogen and oxygen atoms in total. The van der Waals surface area contributed by atoms with E-state index in [4.69, 9.17) is 10.2 Å². The van der Waals surface area contributed by atoms with Gasteiger partial charge in [-0.05, 0) is 5.92 Å². The third kappa shape index (κ3) is 2.73. The van der Waals surface area contributed by atoms with Crippen molar-refractivity contribution in [2.45, 2.75) is 18.7 Å². The lowest BCUT2D eigenvalue weighted by Gasteiger charge is -2.07. The first-order chi connectivity index (χ1) is 6.69. The molecule has 0 aliphatic heterocycles. The zero-order valence-corrected chi connectivity index (χ0v) is 9.29. The average Bonchev–Trinajstić information content (AvgIpc) is 2.56. The van der Waals surface area contributed by atoms with E-state index >= 15 is 0 Å². The topological polar surface area (TPSA) is 58.3 Å². The van der Waals surface area contributed by atoms with E-state index in [0.717, 1.165) is 16.6 Å². The van der Waals surface area contributed by atoms with Gasteiger partial charge in [-0.2, -0.15) is 0 Å². The zero-order valence-electron chi connectivity index (χ0n) is 8.47. The summed E-state index contributed by atoms with van der Waals surface area (Å²) in [6, 6.07) is 0. The van der Waals surface area contributed by atoms with Gasteiger partial charge in [0.15, 0.2) is 5.16 Å². The van der Waals surface area contributed by atoms with Crippen molar-refractivity contribution in [1.82, 2.24) is 9.55 Å². The molecular formula is C9H16N2O2S. The van der Waals surface area contributed by atoms with E-state index in [0.29, 0.717) is 0 Å². The number of aliphatic hydroxyl groups is 2. The molecule has 0 radical (unpaired) electrons. The lowest BCUT2D eigenvalue weighted by atomic mass is 10.2. The van der Waals surface area contributed by atoms with Crippen molar-refractivity contribution in [1.29, 1.82) is 0 Å². The van der Waals surface area contributed by atoms with Gasteiger partial charge in [0.25, 0.3) is 0 Å². The molecule has 5 heteroatoms. The summed E-state index contributed by atoms with van der Waals surface area (Å²) in [4.78, 5) is 4.18. The minimum absolute atomic E-state index is 0.0135. The molecule has 2 N–H and O–H groups in total. The number of aliphatic hydroxyl groups excluding tert-OH is 2. The molecule has 0 amide bonds. The third-order valence-electron chi connectivity index (χ3n) is 2.01. The number of imidazole rings is 1. The summed E-state index contributed by atoms with van der Waals surface area (Å²) in [7, 11) is 1.88. The van der Waals surface area contributed by atoms with E-state index in [9.17, 15) is 0 Å². The summed E-state index contributed by atoms with van der Waals surface area (Å²) < 4.78 is 1.87. The highest BCUT2D eigenvalue weighted by Crippen LogP contribution is 2.19. The fourth-order valence-corrected chi connectivity index (χ4v) is 1.95. The highest BCUT2D eigenvalue weighted by Gasteiger charge is 2.08. The van der Waals surface area contributed by atoms with Gasteiger partial charge in [0, 0.05) is 19.4 Å². The molecular weight excluding hydrogens is 200 g/mol. The molecule has 80 valence electrons. The van der Waals surface area contributed by atoms with Crippen LogP contribution in [0.15, 0.2) is 11.4 Å². The molecule has 0 aliphatic rings. The van der Waals surface area contributed by atoms with Crippen LogP contribution in [0.5, 0.6) is 0 Å². The van der Waals surface area contributed by atoms with E-state index in [1.165, 1.54) is 0 Å². The summed E-state index contributed by atoms with van der Waals surface area (Å²) in [5.41, 5.74) is 0.809. The lowest BCUT2D eigenvalue weighted by molar-refractivity contribution is 0.250. The summed E-state index contributed by atoms with van der Waals surface area (Å²) in [5.74, 6) is 1.11. The Labute approximate surface area is 88.0 Å². The predicted octanol–water partition coefficient (Wildman–Crippen LogP) is 0.633. The smallest absolute Gasteiger partial charge is 0.167 e. The minimum atomic E-state index is 0.0135. The van der Waals surface area contributed by atoms with Crippen LogP contribution in [-0.4, -0.2) is 32.1 Å². The van der Waals surface area contributed by atoms with Gasteiger partial charge in [-0.3, -0.25) is 0 Å². The maximum absolute atomic E-state index is 8.95. The van der Waals surface area contributed by atoms with Crippen molar-refractivity contribution >= 4 is 11.8 Å². The van der Waals surface area contributed by atoms with Crippen molar-refractivity contribution in [3.8, 4) is 0 Å². The highest BCUT2D eigenvalue weighted by atomic mass is 32.2. The molecule has 0 aromatic carbocycles. The van der Waals surface area contributed by atoms with Gasteiger partial charge >= 0.3 is 0 Å². The van der Waals surface area contributed by atoms with Crippen molar-refractivity contribution in [2.75, 3.05) is 12.4 Å². The molecule has 0 bridgehead atoms. The van der Waals surface area contributed by atoms with Gasteiger partial charge in [-0.15, -0.1) is 0 Å². The van der Waals surface area contributed by atoms with Gasteiger partial charge < -0.3 is 14.8 Å². The Morgan fingerprint density at radius 1 is 1.57 bits per heavy atom. The zero-order chi connectivity index (χ0) is 10.6. The third-order valence-corrected chi connectivity index (χ3v) is 3.39. The van der Waals surface area contributed by atoms with Crippen LogP contribution in [-0.2, 0) is 13.7 Å². The minimum Gasteiger partial charge on any atom is -0.396 e. The molecule has 0 fully saturated rings. The number of nitrogens with zero attached hydrogens (tertiary/aromatic N) is 2. The number of hydrogen-bond donors (Lipinski definition) is 2. The van der Waals surface area contributed by atoms with E-state index in [2.05, 4.69) is 4.98 Å². The Morgan fingerprint density at radius 2 is 2.29 bits per heavy atom. The molecule has 14 heavy (non-hydrogen) atoms. The van der Waals surface area contributed by atoms with Crippen LogP contribution in [0.2, 0.25) is 0 Å². The molecule has 1 atom stereocenters. The van der Waals surface area contributed by atoms with Crippen molar-refractivity contribution in [3.63, 3.8) is 0 Å². The molecule has 0 saturated heterocycles. The normalized spacial score (nSPS) is 13.1. The van der Waals surface area contributed by atoms with Crippen LogP contribution in [0.3, 0.4) is 0 Å². The molecule has 0 saturated carbocycles. The van der Waals surface area contributed by atoms with Gasteiger partial charge in [0.2, 0.25) is 0 Å². The second kappa shape index (κ2) is 5.38. The SMILES string of the molecule is CC(CO)CSc1ncc(CO)n1C. The first-order valence-corrected chi connectivity index (χ1v) is 5.52. The molecule has 0 aliphatic carbocycles. The molecule has 0 spiro atoms. The molecule has 1 rings (SSSR count). The predicted molar refractivity (Wildman–Crippen MR) is 56.1 cm³/mol. The molecule has 1 aromatic rings. The van der Waals surface area contributed by atoms with Gasteiger partial charge in [-0.1, -0.05) is 18.7 Å². The van der Waals surface area contributed by atoms with Gasteiger partial charge in [0.05, 0.1) is 18.5 Å². The number of aromatic nitrogens is 2. The van der Waals surface area contributed by atoms with E-state index in [-0.39, 0.29) is 19.1 Å². The first kappa shape index (κ1) is 11.6. The van der Waals surface area contributed by atoms with Crippen molar-refractivity contribution in [3.05, 3.63) is 11.9 Å². The maximum atomic E-state index is 8.95. The summed E-state index contributed by atoms with van der Waals surface area (Å²) in [5, 5.41) is 18.7. The van der Waals surface area contributed by atoms with Crippen LogP contribution in [0.4, 0.5) is 0 Å². The summed E-state index contributed by atoms with van der Waals surface area (Å²) in [6.07, 6.45) is 1.67. The van der Waals surface area contributed by atoms with Crippen LogP contribution in [0.1, 0.15) is 12.6 Å². The molecule has 1 unspecified atom stereocenters. The Bertz CT molecular complexity index is 288. The van der Waals surface area contributed by atoms with Crippen LogP contribution < -0.4 is 0 Å². The second-order valence-electron chi connectivity index (χ2n) is 3.35. The van der Waals surface area contributed by atoms with Gasteiger partial charge in [-0.25, -0.2) is 4.98 Å². The van der Waals surface area contributed by atoms with E-state index in [1.54, 1.807) is 18.0 Å². The standard InChI is InChI=1S/C9H16N2O2S/c1-7(4-12)6-14-9-10-3-8(5-13)11(9)2/h3,7,12-13H,4-6H2,1-2H3. The van der Waals surface area contributed by atoms with Gasteiger partial charge in [0.1, 0.15) is 0 Å². The highest BCUT2D eigenvalue weighted by molar-refractivity contribution is 7.99. The van der Waals surface area contributed by atoms with Crippen LogP contribution >= 0.6 is 11.8 Å². The summed E-state index contributed by atoms with van der Waals surface area (Å²) >= 11 is 1.60. The summed E-state index contributed by atoms with van der Waals surface area (Å²) in [6.45, 7) is 2.20. The molecule has 1 heterocycles. The largest absolute Gasteiger partial charge is 0.396 e. The Morgan fingerprint density at radius 3 is 2.79 bits per heavy atom. The number of thioether (sulfide) groups is 1. The Kier molecular flexibility index (Phi) is 4.44. The average molecular weight is 216 g/mol. The van der Waals surface area contributed by atoms with E-state index < -0.39 is 0 Å². The first-order valence-electron chi connectivity index (χ1n) is 4.54. The number of hydrogen-bond acceptors (Lipinski definition) is 4. The number of rotatable bonds is 5. The second-order valence-corrected chi connectivity index (χ2v) is 4.34. The fraction of sp³-hybridized carbons (Fsp3) is 0.667.